The van der Waals surface area contributed by atoms with E-state index in [2.05, 4.69) is 0 Å². The maximum absolute atomic E-state index is 12.4. The number of hydrogen-bond acceptors (Lipinski definition) is 4. The number of aryl methyl sites for hydroxylation is 1. The third-order valence-corrected chi connectivity index (χ3v) is 2.71. The van der Waals surface area contributed by atoms with Crippen LogP contribution in [0.15, 0.2) is 18.2 Å². The number of carbonyl (C=O) groups is 1. The zero-order valence-electron chi connectivity index (χ0n) is 10.9. The van der Waals surface area contributed by atoms with Crippen LogP contribution in [0.2, 0.25) is 0 Å². The fraction of sp³-hybridized carbons (Fsp3) is 0.357. The van der Waals surface area contributed by atoms with Gasteiger partial charge in [-0.25, -0.2) is 0 Å². The molecule has 0 aromatic heterocycles. The van der Waals surface area contributed by atoms with Crippen LogP contribution in [0.5, 0.6) is 0 Å². The Morgan fingerprint density at radius 1 is 1.26 bits per heavy atom. The van der Waals surface area contributed by atoms with Gasteiger partial charge in [-0.15, -0.1) is 0 Å². The molecule has 0 aliphatic carbocycles. The molecule has 5 heteroatoms. The standard InChI is InChI=1S/C14H16N4O/c1-11-4-5-13(17)12(10-11)14(19)18(8-2-6-15)9-3-7-16/h4-5,10H,2-3,8-9,17H2,1H3. The Hall–Kier alpha value is -2.53. The van der Waals surface area contributed by atoms with Crippen LogP contribution in [0, 0.1) is 29.6 Å². The number of nitrogen functional groups attached to an aromatic ring is 1. The van der Waals surface area contributed by atoms with Crippen molar-refractivity contribution in [1.82, 2.24) is 4.90 Å². The maximum atomic E-state index is 12.4. The summed E-state index contributed by atoms with van der Waals surface area (Å²) in [7, 11) is 0. The molecular weight excluding hydrogens is 240 g/mol. The fourth-order valence-corrected chi connectivity index (χ4v) is 1.71. The normalized spacial score (nSPS) is 9.42. The Balaban J connectivity index is 2.94. The van der Waals surface area contributed by atoms with Crippen molar-refractivity contribution in [2.75, 3.05) is 18.8 Å². The number of benzene rings is 1. The van der Waals surface area contributed by atoms with Crippen molar-refractivity contribution < 1.29 is 4.79 Å². The van der Waals surface area contributed by atoms with Gasteiger partial charge in [-0.1, -0.05) is 11.6 Å². The quantitative estimate of drug-likeness (QED) is 0.813. The third kappa shape index (κ3) is 4.01. The Bertz CT molecular complexity index is 521. The van der Waals surface area contributed by atoms with Crippen molar-refractivity contribution in [2.45, 2.75) is 19.8 Å². The van der Waals surface area contributed by atoms with Gasteiger partial charge < -0.3 is 10.6 Å². The second-order valence-corrected chi connectivity index (χ2v) is 4.20. The lowest BCUT2D eigenvalue weighted by Crippen LogP contribution is -2.33. The molecule has 0 atom stereocenters. The molecule has 98 valence electrons. The number of amides is 1. The predicted octanol–water partition coefficient (Wildman–Crippen LogP) is 1.85. The lowest BCUT2D eigenvalue weighted by atomic mass is 10.1. The highest BCUT2D eigenvalue weighted by Crippen LogP contribution is 2.16. The van der Waals surface area contributed by atoms with Gasteiger partial charge in [-0.3, -0.25) is 4.79 Å². The number of carbonyl (C=O) groups excluding carboxylic acids is 1. The Morgan fingerprint density at radius 2 is 1.84 bits per heavy atom. The number of hydrogen-bond donors (Lipinski definition) is 1. The Labute approximate surface area is 112 Å². The van der Waals surface area contributed by atoms with Crippen molar-refractivity contribution in [2.24, 2.45) is 0 Å². The largest absolute Gasteiger partial charge is 0.398 e. The van der Waals surface area contributed by atoms with Crippen LogP contribution in [0.1, 0.15) is 28.8 Å². The summed E-state index contributed by atoms with van der Waals surface area (Å²) < 4.78 is 0. The predicted molar refractivity (Wildman–Crippen MR) is 72.0 cm³/mol. The molecule has 1 rings (SSSR count). The van der Waals surface area contributed by atoms with E-state index < -0.39 is 0 Å². The molecule has 0 heterocycles. The minimum Gasteiger partial charge on any atom is -0.398 e. The molecule has 1 aromatic carbocycles. The van der Waals surface area contributed by atoms with Gasteiger partial charge in [0.1, 0.15) is 0 Å². The molecule has 0 bridgehead atoms. The summed E-state index contributed by atoms with van der Waals surface area (Å²) in [6.07, 6.45) is 0.478. The molecule has 0 fully saturated rings. The van der Waals surface area contributed by atoms with E-state index in [1.54, 1.807) is 12.1 Å². The van der Waals surface area contributed by atoms with Gasteiger partial charge in [0.25, 0.3) is 5.91 Å². The molecule has 0 saturated heterocycles. The van der Waals surface area contributed by atoms with E-state index in [0.29, 0.717) is 24.3 Å². The molecule has 19 heavy (non-hydrogen) atoms. The summed E-state index contributed by atoms with van der Waals surface area (Å²) in [6.45, 7) is 2.50. The minimum absolute atomic E-state index is 0.230. The average molecular weight is 256 g/mol. The van der Waals surface area contributed by atoms with E-state index in [1.807, 2.05) is 25.1 Å². The first-order valence-electron chi connectivity index (χ1n) is 5.99. The van der Waals surface area contributed by atoms with Gasteiger partial charge >= 0.3 is 0 Å². The first kappa shape index (κ1) is 14.5. The minimum atomic E-state index is -0.230. The van der Waals surface area contributed by atoms with Gasteiger partial charge in [0.2, 0.25) is 0 Å². The molecule has 2 N–H and O–H groups in total. The summed E-state index contributed by atoms with van der Waals surface area (Å²) in [5.74, 6) is -0.230. The Morgan fingerprint density at radius 3 is 2.37 bits per heavy atom. The summed E-state index contributed by atoms with van der Waals surface area (Å²) in [4.78, 5) is 13.9. The van der Waals surface area contributed by atoms with Crippen LogP contribution in [0.4, 0.5) is 5.69 Å². The highest BCUT2D eigenvalue weighted by Gasteiger charge is 2.17. The van der Waals surface area contributed by atoms with Gasteiger partial charge in [-0.2, -0.15) is 10.5 Å². The molecule has 0 unspecified atom stereocenters. The smallest absolute Gasteiger partial charge is 0.256 e. The van der Waals surface area contributed by atoms with Crippen LogP contribution >= 0.6 is 0 Å². The zero-order valence-corrected chi connectivity index (χ0v) is 10.9. The van der Waals surface area contributed by atoms with E-state index in [0.717, 1.165) is 5.56 Å². The highest BCUT2D eigenvalue weighted by molar-refractivity contribution is 5.99. The van der Waals surface area contributed by atoms with Crippen LogP contribution in [-0.4, -0.2) is 23.9 Å². The van der Waals surface area contributed by atoms with Crippen molar-refractivity contribution in [1.29, 1.82) is 10.5 Å². The molecule has 0 aliphatic heterocycles. The van der Waals surface area contributed by atoms with Gasteiger partial charge in [0, 0.05) is 18.8 Å². The second-order valence-electron chi connectivity index (χ2n) is 4.20. The van der Waals surface area contributed by atoms with Crippen molar-refractivity contribution in [3.63, 3.8) is 0 Å². The molecule has 5 nitrogen and oxygen atoms in total. The first-order chi connectivity index (χ1) is 9.10. The van der Waals surface area contributed by atoms with Crippen molar-refractivity contribution in [3.8, 4) is 12.1 Å². The number of nitrogens with two attached hydrogens (primary N) is 1. The van der Waals surface area contributed by atoms with E-state index >= 15 is 0 Å². The SMILES string of the molecule is Cc1ccc(N)c(C(=O)N(CCC#N)CCC#N)c1. The highest BCUT2D eigenvalue weighted by atomic mass is 16.2. The van der Waals surface area contributed by atoms with Crippen LogP contribution < -0.4 is 5.73 Å². The molecule has 1 aromatic rings. The van der Waals surface area contributed by atoms with Crippen molar-refractivity contribution >= 4 is 11.6 Å². The molecule has 0 saturated carbocycles. The van der Waals surface area contributed by atoms with Gasteiger partial charge in [0.15, 0.2) is 0 Å². The average Bonchev–Trinajstić information content (AvgIpc) is 2.41. The summed E-state index contributed by atoms with van der Waals surface area (Å²) >= 11 is 0. The molecule has 1 amide bonds. The van der Waals surface area contributed by atoms with Crippen LogP contribution in [0.3, 0.4) is 0 Å². The lowest BCUT2D eigenvalue weighted by molar-refractivity contribution is 0.0763. The lowest BCUT2D eigenvalue weighted by Gasteiger charge is -2.21. The van der Waals surface area contributed by atoms with E-state index in [9.17, 15) is 4.79 Å². The number of nitrogens with zero attached hydrogens (tertiary/aromatic N) is 3. The molecular formula is C14H16N4O. The number of rotatable bonds is 5. The fourth-order valence-electron chi connectivity index (χ4n) is 1.71. The van der Waals surface area contributed by atoms with E-state index in [4.69, 9.17) is 16.3 Å². The number of nitriles is 2. The van der Waals surface area contributed by atoms with Gasteiger partial charge in [0.05, 0.1) is 30.5 Å². The van der Waals surface area contributed by atoms with Gasteiger partial charge in [-0.05, 0) is 19.1 Å². The zero-order chi connectivity index (χ0) is 14.3. The summed E-state index contributed by atoms with van der Waals surface area (Å²) in [5.41, 5.74) is 7.59. The van der Waals surface area contributed by atoms with Crippen LogP contribution in [-0.2, 0) is 0 Å². The van der Waals surface area contributed by atoms with Crippen molar-refractivity contribution in [3.05, 3.63) is 29.3 Å². The van der Waals surface area contributed by atoms with E-state index in [-0.39, 0.29) is 18.7 Å². The summed E-state index contributed by atoms with van der Waals surface area (Å²) in [5, 5.41) is 17.2. The monoisotopic (exact) mass is 256 g/mol. The topological polar surface area (TPSA) is 93.9 Å². The van der Waals surface area contributed by atoms with Crippen LogP contribution in [0.25, 0.3) is 0 Å². The molecule has 0 aliphatic rings. The number of anilines is 1. The molecule has 0 spiro atoms. The summed E-state index contributed by atoms with van der Waals surface area (Å²) in [6, 6.07) is 9.25. The first-order valence-corrected chi connectivity index (χ1v) is 5.99. The third-order valence-electron chi connectivity index (χ3n) is 2.71. The van der Waals surface area contributed by atoms with E-state index in [1.165, 1.54) is 4.90 Å². The molecule has 0 radical (unpaired) electrons. The Kier molecular flexibility index (Phi) is 5.37. The maximum Gasteiger partial charge on any atom is 0.256 e. The second kappa shape index (κ2) is 7.03.